The molecular formula is C9H19N5O. The highest BCUT2D eigenvalue weighted by Crippen LogP contribution is 1.93. The first-order valence-electron chi connectivity index (χ1n) is 5.30. The topological polar surface area (TPSA) is 64.9 Å². The Morgan fingerprint density at radius 2 is 2.27 bits per heavy atom. The molecule has 15 heavy (non-hydrogen) atoms. The first-order chi connectivity index (χ1) is 7.24. The Bertz CT molecular complexity index is 273. The Balaban J connectivity index is 2.39. The Morgan fingerprint density at radius 1 is 1.47 bits per heavy atom. The molecule has 1 heterocycles. The summed E-state index contributed by atoms with van der Waals surface area (Å²) in [4.78, 5) is 0. The monoisotopic (exact) mass is 213 g/mol. The number of hydrogen-bond donors (Lipinski definition) is 1. The molecule has 0 radical (unpaired) electrons. The average Bonchev–Trinajstić information content (AvgIpc) is 2.63. The summed E-state index contributed by atoms with van der Waals surface area (Å²) >= 11 is 0. The number of nitrogens with zero attached hydrogens (tertiary/aromatic N) is 4. The molecule has 86 valence electrons. The van der Waals surface area contributed by atoms with Crippen molar-refractivity contribution in [2.24, 2.45) is 0 Å². The standard InChI is InChI=1S/C9H19N5O/c1-4-15-6-5-14-9(11-12-13-14)7-10-8(2)3/h8,10H,4-7H2,1-3H3. The lowest BCUT2D eigenvalue weighted by atomic mass is 10.4. The SMILES string of the molecule is CCOCCn1nnnc1CNC(C)C. The third kappa shape index (κ3) is 4.35. The van der Waals surface area contributed by atoms with Gasteiger partial charge in [0.15, 0.2) is 5.82 Å². The van der Waals surface area contributed by atoms with Crippen molar-refractivity contribution in [3.63, 3.8) is 0 Å². The molecule has 0 aliphatic heterocycles. The van der Waals surface area contributed by atoms with Crippen LogP contribution in [0.2, 0.25) is 0 Å². The zero-order chi connectivity index (χ0) is 11.1. The molecule has 0 fully saturated rings. The Hall–Kier alpha value is -1.01. The van der Waals surface area contributed by atoms with Gasteiger partial charge in [0.2, 0.25) is 0 Å². The van der Waals surface area contributed by atoms with Crippen molar-refractivity contribution in [1.82, 2.24) is 25.5 Å². The van der Waals surface area contributed by atoms with Gasteiger partial charge in [-0.3, -0.25) is 0 Å². The van der Waals surface area contributed by atoms with Crippen LogP contribution in [-0.2, 0) is 17.8 Å². The van der Waals surface area contributed by atoms with Crippen molar-refractivity contribution in [3.8, 4) is 0 Å². The van der Waals surface area contributed by atoms with Gasteiger partial charge in [0.25, 0.3) is 0 Å². The van der Waals surface area contributed by atoms with Gasteiger partial charge in [-0.05, 0) is 17.4 Å². The zero-order valence-electron chi connectivity index (χ0n) is 9.60. The molecule has 0 aliphatic carbocycles. The normalized spacial score (nSPS) is 11.2. The average molecular weight is 213 g/mol. The van der Waals surface area contributed by atoms with E-state index in [1.165, 1.54) is 0 Å². The molecule has 1 N–H and O–H groups in total. The summed E-state index contributed by atoms with van der Waals surface area (Å²) in [6.45, 7) is 8.92. The predicted octanol–water partition coefficient (Wildman–Crippen LogP) is 0.208. The van der Waals surface area contributed by atoms with Crippen molar-refractivity contribution in [3.05, 3.63) is 5.82 Å². The van der Waals surface area contributed by atoms with Crippen molar-refractivity contribution < 1.29 is 4.74 Å². The van der Waals surface area contributed by atoms with Crippen LogP contribution in [0.25, 0.3) is 0 Å². The third-order valence-corrected chi connectivity index (χ3v) is 1.93. The second kappa shape index (κ2) is 6.47. The fraction of sp³-hybridized carbons (Fsp3) is 0.889. The van der Waals surface area contributed by atoms with Gasteiger partial charge in [0.05, 0.1) is 19.7 Å². The van der Waals surface area contributed by atoms with Gasteiger partial charge in [0.1, 0.15) is 0 Å². The van der Waals surface area contributed by atoms with Crippen LogP contribution < -0.4 is 5.32 Å². The highest BCUT2D eigenvalue weighted by Gasteiger charge is 2.05. The van der Waals surface area contributed by atoms with Crippen LogP contribution in [0.5, 0.6) is 0 Å². The van der Waals surface area contributed by atoms with Gasteiger partial charge in [-0.2, -0.15) is 0 Å². The third-order valence-electron chi connectivity index (χ3n) is 1.93. The lowest BCUT2D eigenvalue weighted by Gasteiger charge is -2.08. The van der Waals surface area contributed by atoms with Crippen LogP contribution in [0.15, 0.2) is 0 Å². The lowest BCUT2D eigenvalue weighted by molar-refractivity contribution is 0.135. The van der Waals surface area contributed by atoms with Gasteiger partial charge in [-0.1, -0.05) is 13.8 Å². The van der Waals surface area contributed by atoms with Crippen LogP contribution in [0.4, 0.5) is 0 Å². The van der Waals surface area contributed by atoms with Crippen LogP contribution in [0, 0.1) is 0 Å². The van der Waals surface area contributed by atoms with Crippen LogP contribution in [0.1, 0.15) is 26.6 Å². The molecule has 0 amide bonds. The summed E-state index contributed by atoms with van der Waals surface area (Å²) in [5, 5.41) is 14.8. The quantitative estimate of drug-likeness (QED) is 0.656. The summed E-state index contributed by atoms with van der Waals surface area (Å²) in [5.41, 5.74) is 0. The fourth-order valence-electron chi connectivity index (χ4n) is 1.11. The number of hydrogen-bond acceptors (Lipinski definition) is 5. The minimum atomic E-state index is 0.432. The van der Waals surface area contributed by atoms with Crippen molar-refractivity contribution in [1.29, 1.82) is 0 Å². The summed E-state index contributed by atoms with van der Waals surface area (Å²) in [7, 11) is 0. The molecule has 1 rings (SSSR count). The molecular weight excluding hydrogens is 194 g/mol. The number of aromatic nitrogens is 4. The summed E-state index contributed by atoms with van der Waals surface area (Å²) < 4.78 is 7.02. The molecule has 6 heteroatoms. The molecule has 0 saturated heterocycles. The Labute approximate surface area is 90.0 Å². The molecule has 0 aromatic carbocycles. The van der Waals surface area contributed by atoms with E-state index in [2.05, 4.69) is 34.7 Å². The van der Waals surface area contributed by atoms with E-state index in [1.54, 1.807) is 4.68 Å². The molecule has 1 aromatic rings. The first kappa shape index (κ1) is 12.1. The molecule has 0 unspecified atom stereocenters. The minimum Gasteiger partial charge on any atom is -0.380 e. The van der Waals surface area contributed by atoms with Gasteiger partial charge in [-0.25, -0.2) is 4.68 Å². The lowest BCUT2D eigenvalue weighted by Crippen LogP contribution is -2.24. The molecule has 0 spiro atoms. The Morgan fingerprint density at radius 3 is 2.93 bits per heavy atom. The molecule has 0 atom stereocenters. The van der Waals surface area contributed by atoms with Crippen molar-refractivity contribution in [2.75, 3.05) is 13.2 Å². The predicted molar refractivity (Wildman–Crippen MR) is 56.3 cm³/mol. The summed E-state index contributed by atoms with van der Waals surface area (Å²) in [6, 6.07) is 0.432. The van der Waals surface area contributed by atoms with Gasteiger partial charge < -0.3 is 10.1 Å². The van der Waals surface area contributed by atoms with E-state index >= 15 is 0 Å². The first-order valence-corrected chi connectivity index (χ1v) is 5.30. The van der Waals surface area contributed by atoms with Crippen LogP contribution in [0.3, 0.4) is 0 Å². The van der Waals surface area contributed by atoms with E-state index in [4.69, 9.17) is 4.74 Å². The van der Waals surface area contributed by atoms with Crippen LogP contribution in [-0.4, -0.2) is 39.5 Å². The maximum atomic E-state index is 5.25. The van der Waals surface area contributed by atoms with E-state index in [1.807, 2.05) is 6.92 Å². The molecule has 0 bridgehead atoms. The van der Waals surface area contributed by atoms with Crippen LogP contribution >= 0.6 is 0 Å². The summed E-state index contributed by atoms with van der Waals surface area (Å²) in [6.07, 6.45) is 0. The maximum Gasteiger partial charge on any atom is 0.165 e. The van der Waals surface area contributed by atoms with E-state index in [0.717, 1.165) is 12.4 Å². The molecule has 6 nitrogen and oxygen atoms in total. The maximum absolute atomic E-state index is 5.25. The van der Waals surface area contributed by atoms with E-state index in [9.17, 15) is 0 Å². The molecule has 1 aromatic heterocycles. The number of nitrogens with one attached hydrogen (secondary N) is 1. The summed E-state index contributed by atoms with van der Waals surface area (Å²) in [5.74, 6) is 0.850. The van der Waals surface area contributed by atoms with E-state index < -0.39 is 0 Å². The number of ether oxygens (including phenoxy) is 1. The highest BCUT2D eigenvalue weighted by molar-refractivity contribution is 4.80. The minimum absolute atomic E-state index is 0.432. The Kier molecular flexibility index (Phi) is 5.20. The zero-order valence-corrected chi connectivity index (χ0v) is 9.60. The second-order valence-electron chi connectivity index (χ2n) is 3.55. The number of tetrazole rings is 1. The van der Waals surface area contributed by atoms with E-state index in [0.29, 0.717) is 25.7 Å². The molecule has 0 aliphatic rings. The number of rotatable bonds is 7. The fourth-order valence-corrected chi connectivity index (χ4v) is 1.11. The highest BCUT2D eigenvalue weighted by atomic mass is 16.5. The molecule has 0 saturated carbocycles. The van der Waals surface area contributed by atoms with Crippen molar-refractivity contribution >= 4 is 0 Å². The van der Waals surface area contributed by atoms with Gasteiger partial charge in [-0.15, -0.1) is 5.10 Å². The second-order valence-corrected chi connectivity index (χ2v) is 3.55. The van der Waals surface area contributed by atoms with Gasteiger partial charge in [0, 0.05) is 12.6 Å². The van der Waals surface area contributed by atoms with E-state index in [-0.39, 0.29) is 0 Å². The van der Waals surface area contributed by atoms with Crippen molar-refractivity contribution in [2.45, 2.75) is 39.9 Å². The smallest absolute Gasteiger partial charge is 0.165 e. The largest absolute Gasteiger partial charge is 0.380 e. The van der Waals surface area contributed by atoms with Gasteiger partial charge >= 0.3 is 0 Å².